The van der Waals surface area contributed by atoms with E-state index in [1.165, 1.54) is 11.3 Å². The van der Waals surface area contributed by atoms with Crippen LogP contribution in [0.15, 0.2) is 36.7 Å². The second kappa shape index (κ2) is 8.63. The number of Topliss-reactive ketones (excluding diaryl/α,β-unsaturated/α-hetero) is 1. The van der Waals surface area contributed by atoms with E-state index < -0.39 is 0 Å². The Bertz CT molecular complexity index is 900. The summed E-state index contributed by atoms with van der Waals surface area (Å²) in [6, 6.07) is 7.49. The van der Waals surface area contributed by atoms with Gasteiger partial charge in [-0.15, -0.1) is 11.3 Å². The second-order valence-electron chi connectivity index (χ2n) is 6.61. The van der Waals surface area contributed by atoms with E-state index in [1.54, 1.807) is 24.5 Å². The molecule has 0 radical (unpaired) electrons. The Balaban J connectivity index is 1.66. The van der Waals surface area contributed by atoms with Crippen LogP contribution in [0.5, 0.6) is 16.7 Å². The molecule has 0 bridgehead atoms. The van der Waals surface area contributed by atoms with Gasteiger partial charge >= 0.3 is 0 Å². The third-order valence-corrected chi connectivity index (χ3v) is 5.97. The maximum absolute atomic E-state index is 11.3. The van der Waals surface area contributed by atoms with Crippen LogP contribution in [-0.2, 0) is 4.79 Å². The van der Waals surface area contributed by atoms with Crippen molar-refractivity contribution in [3.8, 4) is 26.6 Å². The van der Waals surface area contributed by atoms with E-state index in [4.69, 9.17) is 9.47 Å². The number of hydrogen-bond donors (Lipinski definition) is 0. The Hall–Kier alpha value is -2.25. The van der Waals surface area contributed by atoms with Gasteiger partial charge in [0.05, 0.1) is 17.2 Å². The largest absolute Gasteiger partial charge is 0.491 e. The molecule has 3 rings (SSSR count). The molecule has 0 N–H and O–H groups in total. The van der Waals surface area contributed by atoms with Gasteiger partial charge in [0.15, 0.2) is 0 Å². The zero-order chi connectivity index (χ0) is 19.4. The smallest absolute Gasteiger partial charge is 0.279 e. The van der Waals surface area contributed by atoms with Gasteiger partial charge in [0.25, 0.3) is 5.19 Å². The fourth-order valence-electron chi connectivity index (χ4n) is 2.52. The molecule has 0 fully saturated rings. The monoisotopic (exact) mass is 402 g/mol. The van der Waals surface area contributed by atoms with Gasteiger partial charge < -0.3 is 14.3 Å². The predicted molar refractivity (Wildman–Crippen MR) is 109 cm³/mol. The van der Waals surface area contributed by atoms with E-state index in [1.807, 2.05) is 51.2 Å². The lowest BCUT2D eigenvalue weighted by Crippen LogP contribution is -2.05. The SMILES string of the molecule is CC(=O)CC(C)c1cnc(-c2cnc(Oc3ccc(OC(C)C)cc3)s2)s1. The first-order chi connectivity index (χ1) is 12.9. The number of ether oxygens (including phenoxy) is 2. The second-order valence-corrected chi connectivity index (χ2v) is 8.66. The quantitative estimate of drug-likeness (QED) is 0.467. The predicted octanol–water partition coefficient (Wildman–Crippen LogP) is 5.93. The van der Waals surface area contributed by atoms with Crippen molar-refractivity contribution >= 4 is 28.5 Å². The minimum atomic E-state index is 0.139. The summed E-state index contributed by atoms with van der Waals surface area (Å²) in [7, 11) is 0. The molecule has 0 amide bonds. The van der Waals surface area contributed by atoms with Gasteiger partial charge in [-0.05, 0) is 51.0 Å². The van der Waals surface area contributed by atoms with Crippen LogP contribution in [0.2, 0.25) is 0 Å². The molecule has 1 atom stereocenters. The summed E-state index contributed by atoms with van der Waals surface area (Å²) < 4.78 is 11.5. The van der Waals surface area contributed by atoms with Gasteiger partial charge in [-0.2, -0.15) is 0 Å². The summed E-state index contributed by atoms with van der Waals surface area (Å²) >= 11 is 3.05. The van der Waals surface area contributed by atoms with Crippen molar-refractivity contribution in [3.05, 3.63) is 41.5 Å². The molecular formula is C20H22N2O3S2. The standard InChI is InChI=1S/C20H22N2O3S2/c1-12(2)24-15-5-7-16(8-6-15)25-20-22-11-18(27-20)19-21-10-17(26-19)13(3)9-14(4)23/h5-8,10-13H,9H2,1-4H3. The van der Waals surface area contributed by atoms with Crippen molar-refractivity contribution in [2.24, 2.45) is 0 Å². The van der Waals surface area contributed by atoms with Crippen molar-refractivity contribution < 1.29 is 14.3 Å². The number of ketones is 1. The number of nitrogens with zero attached hydrogens (tertiary/aromatic N) is 2. The van der Waals surface area contributed by atoms with E-state index in [-0.39, 0.29) is 17.8 Å². The highest BCUT2D eigenvalue weighted by Crippen LogP contribution is 2.37. The lowest BCUT2D eigenvalue weighted by Gasteiger charge is -2.09. The van der Waals surface area contributed by atoms with Crippen LogP contribution < -0.4 is 9.47 Å². The van der Waals surface area contributed by atoms with Crippen molar-refractivity contribution in [2.75, 3.05) is 0 Å². The topological polar surface area (TPSA) is 61.3 Å². The molecule has 0 aliphatic carbocycles. The van der Waals surface area contributed by atoms with Gasteiger partial charge in [-0.25, -0.2) is 9.97 Å². The minimum absolute atomic E-state index is 0.139. The molecule has 0 aliphatic heterocycles. The molecule has 0 saturated heterocycles. The number of benzene rings is 1. The Kier molecular flexibility index (Phi) is 6.23. The van der Waals surface area contributed by atoms with Crippen molar-refractivity contribution in [1.29, 1.82) is 0 Å². The van der Waals surface area contributed by atoms with Crippen LogP contribution >= 0.6 is 22.7 Å². The minimum Gasteiger partial charge on any atom is -0.491 e. The Morgan fingerprint density at radius 1 is 1.04 bits per heavy atom. The van der Waals surface area contributed by atoms with Gasteiger partial charge in [0.2, 0.25) is 0 Å². The van der Waals surface area contributed by atoms with Crippen molar-refractivity contribution in [2.45, 2.75) is 46.1 Å². The molecular weight excluding hydrogens is 380 g/mol. The zero-order valence-electron chi connectivity index (χ0n) is 15.8. The molecule has 0 spiro atoms. The van der Waals surface area contributed by atoms with Crippen molar-refractivity contribution in [1.82, 2.24) is 9.97 Å². The van der Waals surface area contributed by atoms with Crippen LogP contribution in [0.25, 0.3) is 9.88 Å². The fraction of sp³-hybridized carbons (Fsp3) is 0.350. The Labute approximate surface area is 167 Å². The molecule has 1 unspecified atom stereocenters. The maximum Gasteiger partial charge on any atom is 0.279 e. The lowest BCUT2D eigenvalue weighted by molar-refractivity contribution is -0.117. The summed E-state index contributed by atoms with van der Waals surface area (Å²) in [6.45, 7) is 7.65. The molecule has 2 aromatic heterocycles. The lowest BCUT2D eigenvalue weighted by atomic mass is 10.0. The number of thiazole rings is 2. The summed E-state index contributed by atoms with van der Waals surface area (Å²) in [5, 5.41) is 1.46. The first-order valence-electron chi connectivity index (χ1n) is 8.76. The summed E-state index contributed by atoms with van der Waals surface area (Å²) in [4.78, 5) is 22.2. The molecule has 142 valence electrons. The summed E-state index contributed by atoms with van der Waals surface area (Å²) in [6.07, 6.45) is 4.30. The third-order valence-electron chi connectivity index (χ3n) is 3.70. The Morgan fingerprint density at radius 2 is 1.74 bits per heavy atom. The van der Waals surface area contributed by atoms with E-state index in [2.05, 4.69) is 9.97 Å². The highest BCUT2D eigenvalue weighted by Gasteiger charge is 2.15. The molecule has 7 heteroatoms. The first kappa shape index (κ1) is 19.5. The van der Waals surface area contributed by atoms with Crippen LogP contribution in [-0.4, -0.2) is 21.9 Å². The molecule has 1 aromatic carbocycles. The number of carbonyl (C=O) groups is 1. The fourth-order valence-corrected chi connectivity index (χ4v) is 4.32. The number of aromatic nitrogens is 2. The molecule has 0 saturated carbocycles. The first-order valence-corrected chi connectivity index (χ1v) is 10.4. The van der Waals surface area contributed by atoms with E-state index in [0.717, 1.165) is 20.5 Å². The highest BCUT2D eigenvalue weighted by molar-refractivity contribution is 7.22. The van der Waals surface area contributed by atoms with Crippen LogP contribution in [0, 0.1) is 0 Å². The van der Waals surface area contributed by atoms with Gasteiger partial charge in [-0.3, -0.25) is 0 Å². The average Bonchev–Trinajstić information content (AvgIpc) is 3.25. The third kappa shape index (κ3) is 5.37. The normalized spacial score (nSPS) is 12.2. The number of rotatable bonds is 8. The van der Waals surface area contributed by atoms with E-state index in [0.29, 0.717) is 17.4 Å². The number of carbonyl (C=O) groups excluding carboxylic acids is 1. The van der Waals surface area contributed by atoms with E-state index in [9.17, 15) is 4.79 Å². The van der Waals surface area contributed by atoms with E-state index >= 15 is 0 Å². The van der Waals surface area contributed by atoms with Crippen LogP contribution in [0.1, 0.15) is 44.9 Å². The van der Waals surface area contributed by atoms with Crippen LogP contribution in [0.3, 0.4) is 0 Å². The van der Waals surface area contributed by atoms with Gasteiger partial charge in [0.1, 0.15) is 22.3 Å². The summed E-state index contributed by atoms with van der Waals surface area (Å²) in [5.41, 5.74) is 0. The van der Waals surface area contributed by atoms with Gasteiger partial charge in [0, 0.05) is 17.5 Å². The molecule has 0 aliphatic rings. The molecule has 27 heavy (non-hydrogen) atoms. The molecule has 5 nitrogen and oxygen atoms in total. The highest BCUT2D eigenvalue weighted by atomic mass is 32.1. The summed E-state index contributed by atoms with van der Waals surface area (Å²) in [5.74, 6) is 1.90. The average molecular weight is 403 g/mol. The zero-order valence-corrected chi connectivity index (χ0v) is 17.4. The maximum atomic E-state index is 11.3. The Morgan fingerprint density at radius 3 is 2.41 bits per heavy atom. The molecule has 2 heterocycles. The van der Waals surface area contributed by atoms with Gasteiger partial charge in [-0.1, -0.05) is 18.3 Å². The van der Waals surface area contributed by atoms with Crippen molar-refractivity contribution in [3.63, 3.8) is 0 Å². The molecule has 3 aromatic rings. The van der Waals surface area contributed by atoms with Crippen LogP contribution in [0.4, 0.5) is 0 Å². The number of hydrogen-bond acceptors (Lipinski definition) is 7.